The van der Waals surface area contributed by atoms with Gasteiger partial charge in [-0.3, -0.25) is 9.59 Å². The topological polar surface area (TPSA) is 49.4 Å². The monoisotopic (exact) mass is 372 g/mol. The van der Waals surface area contributed by atoms with Gasteiger partial charge in [0, 0.05) is 29.9 Å². The number of anilines is 1. The van der Waals surface area contributed by atoms with E-state index in [1.54, 1.807) is 29.2 Å². The highest BCUT2D eigenvalue weighted by molar-refractivity contribution is 6.09. The number of rotatable bonds is 6. The van der Waals surface area contributed by atoms with Gasteiger partial charge in [-0.1, -0.05) is 54.6 Å². The van der Waals surface area contributed by atoms with E-state index in [9.17, 15) is 9.59 Å². The second-order valence-corrected chi connectivity index (χ2v) is 6.42. The molecule has 0 aromatic heterocycles. The van der Waals surface area contributed by atoms with Crippen LogP contribution in [0.5, 0.6) is 0 Å². The molecule has 0 saturated heterocycles. The summed E-state index contributed by atoms with van der Waals surface area (Å²) in [6.45, 7) is 5.20. The molecule has 0 atom stereocenters. The molecule has 142 valence electrons. The van der Waals surface area contributed by atoms with Crippen molar-refractivity contribution < 1.29 is 9.59 Å². The van der Waals surface area contributed by atoms with E-state index in [0.29, 0.717) is 29.9 Å². The molecule has 0 fully saturated rings. The van der Waals surface area contributed by atoms with Gasteiger partial charge in [-0.2, -0.15) is 0 Å². The van der Waals surface area contributed by atoms with Crippen LogP contribution in [0.4, 0.5) is 5.69 Å². The largest absolute Gasteiger partial charge is 0.339 e. The molecule has 3 aromatic rings. The number of nitrogens with one attached hydrogen (secondary N) is 1. The van der Waals surface area contributed by atoms with E-state index >= 15 is 0 Å². The van der Waals surface area contributed by atoms with Crippen molar-refractivity contribution in [2.75, 3.05) is 18.4 Å². The summed E-state index contributed by atoms with van der Waals surface area (Å²) in [5.41, 5.74) is 3.62. The molecule has 1 N–H and O–H groups in total. The summed E-state index contributed by atoms with van der Waals surface area (Å²) < 4.78 is 0. The number of carbonyl (C=O) groups is 2. The molecule has 0 aliphatic carbocycles. The first kappa shape index (κ1) is 19.4. The van der Waals surface area contributed by atoms with Crippen LogP contribution < -0.4 is 5.32 Å². The molecule has 0 heterocycles. The maximum absolute atomic E-state index is 12.9. The minimum Gasteiger partial charge on any atom is -0.339 e. The van der Waals surface area contributed by atoms with Gasteiger partial charge in [0.15, 0.2) is 0 Å². The summed E-state index contributed by atoms with van der Waals surface area (Å²) in [7, 11) is 0. The van der Waals surface area contributed by atoms with Gasteiger partial charge in [-0.05, 0) is 49.2 Å². The van der Waals surface area contributed by atoms with Crippen LogP contribution in [0.25, 0.3) is 11.1 Å². The Labute approximate surface area is 165 Å². The zero-order chi connectivity index (χ0) is 19.9. The summed E-state index contributed by atoms with van der Waals surface area (Å²) >= 11 is 0. The third-order valence-corrected chi connectivity index (χ3v) is 4.67. The van der Waals surface area contributed by atoms with Crippen LogP contribution in [-0.4, -0.2) is 29.8 Å². The van der Waals surface area contributed by atoms with E-state index in [2.05, 4.69) is 5.32 Å². The second-order valence-electron chi connectivity index (χ2n) is 6.42. The summed E-state index contributed by atoms with van der Waals surface area (Å²) in [4.78, 5) is 27.3. The predicted molar refractivity (Wildman–Crippen MR) is 114 cm³/mol. The van der Waals surface area contributed by atoms with E-state index < -0.39 is 0 Å². The van der Waals surface area contributed by atoms with Crippen molar-refractivity contribution >= 4 is 17.5 Å². The molecule has 0 spiro atoms. The van der Waals surface area contributed by atoms with Gasteiger partial charge in [0.25, 0.3) is 11.8 Å². The molecule has 28 heavy (non-hydrogen) atoms. The molecule has 0 saturated carbocycles. The van der Waals surface area contributed by atoms with Crippen LogP contribution in [0.15, 0.2) is 78.9 Å². The van der Waals surface area contributed by atoms with E-state index in [-0.39, 0.29) is 11.8 Å². The lowest BCUT2D eigenvalue weighted by molar-refractivity contribution is 0.0772. The molecule has 0 unspecified atom stereocenters. The van der Waals surface area contributed by atoms with Crippen LogP contribution in [0.1, 0.15) is 34.6 Å². The molecule has 4 heteroatoms. The highest BCUT2D eigenvalue weighted by Crippen LogP contribution is 2.24. The third-order valence-electron chi connectivity index (χ3n) is 4.67. The quantitative estimate of drug-likeness (QED) is 0.655. The minimum absolute atomic E-state index is 0.0363. The first-order valence-electron chi connectivity index (χ1n) is 9.49. The SMILES string of the molecule is CCN(CC)C(=O)c1cccc(NC(=O)c2ccccc2-c2ccccc2)c1. The summed E-state index contributed by atoms with van der Waals surface area (Å²) in [6, 6.07) is 24.4. The van der Waals surface area contributed by atoms with E-state index in [4.69, 9.17) is 0 Å². The number of benzene rings is 3. The van der Waals surface area contributed by atoms with Crippen LogP contribution in [0, 0.1) is 0 Å². The van der Waals surface area contributed by atoms with Gasteiger partial charge >= 0.3 is 0 Å². The Kier molecular flexibility index (Phi) is 6.22. The first-order chi connectivity index (χ1) is 13.6. The van der Waals surface area contributed by atoms with Crippen molar-refractivity contribution in [1.29, 1.82) is 0 Å². The smallest absolute Gasteiger partial charge is 0.256 e. The predicted octanol–water partition coefficient (Wildman–Crippen LogP) is 5.09. The van der Waals surface area contributed by atoms with Crippen molar-refractivity contribution in [3.63, 3.8) is 0 Å². The van der Waals surface area contributed by atoms with E-state index in [1.165, 1.54) is 0 Å². The molecule has 3 aromatic carbocycles. The van der Waals surface area contributed by atoms with Gasteiger partial charge in [0.1, 0.15) is 0 Å². The number of carbonyl (C=O) groups excluding carboxylic acids is 2. The Morgan fingerprint density at radius 2 is 1.50 bits per heavy atom. The highest BCUT2D eigenvalue weighted by atomic mass is 16.2. The van der Waals surface area contributed by atoms with Crippen molar-refractivity contribution in [1.82, 2.24) is 4.90 Å². The van der Waals surface area contributed by atoms with E-state index in [1.807, 2.05) is 68.4 Å². The van der Waals surface area contributed by atoms with Gasteiger partial charge < -0.3 is 10.2 Å². The standard InChI is InChI=1S/C24H24N2O2/c1-3-26(4-2)24(28)19-13-10-14-20(17-19)25-23(27)22-16-9-8-15-21(22)18-11-6-5-7-12-18/h5-17H,3-4H2,1-2H3,(H,25,27). The zero-order valence-electron chi connectivity index (χ0n) is 16.2. The van der Waals surface area contributed by atoms with Crippen LogP contribution in [0.3, 0.4) is 0 Å². The van der Waals surface area contributed by atoms with Gasteiger partial charge in [0.05, 0.1) is 0 Å². The number of amides is 2. The molecule has 0 aliphatic heterocycles. The highest BCUT2D eigenvalue weighted by Gasteiger charge is 2.15. The van der Waals surface area contributed by atoms with Crippen LogP contribution >= 0.6 is 0 Å². The Morgan fingerprint density at radius 1 is 0.821 bits per heavy atom. The molecule has 0 bridgehead atoms. The lowest BCUT2D eigenvalue weighted by Crippen LogP contribution is -2.30. The fourth-order valence-electron chi connectivity index (χ4n) is 3.17. The maximum atomic E-state index is 12.9. The second kappa shape index (κ2) is 9.00. The Morgan fingerprint density at radius 3 is 2.21 bits per heavy atom. The molecule has 0 radical (unpaired) electrons. The number of nitrogens with zero attached hydrogens (tertiary/aromatic N) is 1. The lowest BCUT2D eigenvalue weighted by Gasteiger charge is -2.19. The molecule has 0 aliphatic rings. The Hall–Kier alpha value is -3.40. The summed E-state index contributed by atoms with van der Waals surface area (Å²) in [5.74, 6) is -0.238. The van der Waals surface area contributed by atoms with Crippen molar-refractivity contribution in [3.8, 4) is 11.1 Å². The number of hydrogen-bond donors (Lipinski definition) is 1. The normalized spacial score (nSPS) is 10.4. The van der Waals surface area contributed by atoms with Crippen LogP contribution in [-0.2, 0) is 0 Å². The molecular weight excluding hydrogens is 348 g/mol. The maximum Gasteiger partial charge on any atom is 0.256 e. The van der Waals surface area contributed by atoms with Gasteiger partial charge in [-0.25, -0.2) is 0 Å². The molecule has 3 rings (SSSR count). The summed E-state index contributed by atoms with van der Waals surface area (Å²) in [6.07, 6.45) is 0. The van der Waals surface area contributed by atoms with Crippen molar-refractivity contribution in [3.05, 3.63) is 90.0 Å². The minimum atomic E-state index is -0.202. The molecular formula is C24H24N2O2. The average molecular weight is 372 g/mol. The lowest BCUT2D eigenvalue weighted by atomic mass is 9.99. The van der Waals surface area contributed by atoms with Crippen molar-refractivity contribution in [2.45, 2.75) is 13.8 Å². The molecule has 4 nitrogen and oxygen atoms in total. The third kappa shape index (κ3) is 4.29. The Bertz CT molecular complexity index is 963. The number of hydrogen-bond acceptors (Lipinski definition) is 2. The van der Waals surface area contributed by atoms with Crippen molar-refractivity contribution in [2.24, 2.45) is 0 Å². The molecule has 2 amide bonds. The fourth-order valence-corrected chi connectivity index (χ4v) is 3.17. The van der Waals surface area contributed by atoms with Crippen LogP contribution in [0.2, 0.25) is 0 Å². The van der Waals surface area contributed by atoms with Gasteiger partial charge in [0.2, 0.25) is 0 Å². The van der Waals surface area contributed by atoms with Gasteiger partial charge in [-0.15, -0.1) is 0 Å². The Balaban J connectivity index is 1.85. The van der Waals surface area contributed by atoms with E-state index in [0.717, 1.165) is 11.1 Å². The zero-order valence-corrected chi connectivity index (χ0v) is 16.2. The fraction of sp³-hybridized carbons (Fsp3) is 0.167. The average Bonchev–Trinajstić information content (AvgIpc) is 2.75. The first-order valence-corrected chi connectivity index (χ1v) is 9.49. The summed E-state index contributed by atoms with van der Waals surface area (Å²) in [5, 5.41) is 2.93.